The van der Waals surface area contributed by atoms with Crippen molar-refractivity contribution in [2.45, 2.75) is 32.9 Å². The fraction of sp³-hybridized carbons (Fsp3) is 0.857. The molecule has 0 bridgehead atoms. The Labute approximate surface area is 56.4 Å². The van der Waals surface area contributed by atoms with E-state index in [-0.39, 0.29) is 0 Å². The second-order valence-electron chi connectivity index (χ2n) is 2.83. The van der Waals surface area contributed by atoms with Crippen LogP contribution in [0, 0.1) is 5.92 Å². The smallest absolute Gasteiger partial charge is 0.0829 e. The summed E-state index contributed by atoms with van der Waals surface area (Å²) in [6.07, 6.45) is 1.81. The lowest BCUT2D eigenvalue weighted by Gasteiger charge is -2.27. The molecule has 0 aromatic heterocycles. The van der Waals surface area contributed by atoms with Crippen molar-refractivity contribution in [3.63, 3.8) is 0 Å². The molecule has 0 aliphatic carbocycles. The molecule has 1 heterocycles. The van der Waals surface area contributed by atoms with Gasteiger partial charge in [-0.2, -0.15) is 0 Å². The van der Waals surface area contributed by atoms with Gasteiger partial charge in [0.2, 0.25) is 0 Å². The van der Waals surface area contributed by atoms with E-state index in [4.69, 9.17) is 0 Å². The summed E-state index contributed by atoms with van der Waals surface area (Å²) < 4.78 is 0. The Morgan fingerprint density at radius 3 is 2.44 bits per heavy atom. The standard InChI is InChI=1S/C7H14N2/c1-5-6(2)8-4-9-7(5)3/h4-7H,1-3H3,(H,8,9). The summed E-state index contributed by atoms with van der Waals surface area (Å²) in [6, 6.07) is 1.07. The van der Waals surface area contributed by atoms with Crippen LogP contribution in [0.25, 0.3) is 0 Å². The van der Waals surface area contributed by atoms with Gasteiger partial charge in [-0.3, -0.25) is 4.99 Å². The van der Waals surface area contributed by atoms with Gasteiger partial charge in [0.25, 0.3) is 0 Å². The summed E-state index contributed by atoms with van der Waals surface area (Å²) in [6.45, 7) is 6.56. The van der Waals surface area contributed by atoms with E-state index < -0.39 is 0 Å². The van der Waals surface area contributed by atoms with Gasteiger partial charge in [-0.25, -0.2) is 0 Å². The Morgan fingerprint density at radius 2 is 2.00 bits per heavy atom. The molecule has 0 fully saturated rings. The number of hydrogen-bond acceptors (Lipinski definition) is 2. The lowest BCUT2D eigenvalue weighted by atomic mass is 9.95. The van der Waals surface area contributed by atoms with Crippen molar-refractivity contribution in [3.8, 4) is 0 Å². The number of aliphatic imine (C=N–C) groups is 1. The Balaban J connectivity index is 2.58. The van der Waals surface area contributed by atoms with Crippen molar-refractivity contribution in [1.29, 1.82) is 0 Å². The number of rotatable bonds is 0. The highest BCUT2D eigenvalue weighted by atomic mass is 15.0. The second-order valence-corrected chi connectivity index (χ2v) is 2.83. The molecule has 0 saturated carbocycles. The molecule has 1 aliphatic heterocycles. The molecule has 52 valence electrons. The topological polar surface area (TPSA) is 24.4 Å². The van der Waals surface area contributed by atoms with Crippen molar-refractivity contribution in [2.75, 3.05) is 0 Å². The Bertz CT molecular complexity index is 120. The monoisotopic (exact) mass is 126 g/mol. The van der Waals surface area contributed by atoms with Gasteiger partial charge in [-0.1, -0.05) is 6.92 Å². The second kappa shape index (κ2) is 2.38. The molecular formula is C7H14N2. The highest BCUT2D eigenvalue weighted by molar-refractivity contribution is 5.56. The lowest BCUT2D eigenvalue weighted by molar-refractivity contribution is 0.375. The predicted octanol–water partition coefficient (Wildman–Crippen LogP) is 1.03. The fourth-order valence-corrected chi connectivity index (χ4v) is 0.983. The van der Waals surface area contributed by atoms with Gasteiger partial charge in [0.05, 0.1) is 12.4 Å². The zero-order chi connectivity index (χ0) is 6.85. The average Bonchev–Trinajstić information content (AvgIpc) is 1.83. The van der Waals surface area contributed by atoms with Gasteiger partial charge in [0.15, 0.2) is 0 Å². The largest absolute Gasteiger partial charge is 0.374 e. The van der Waals surface area contributed by atoms with E-state index in [2.05, 4.69) is 31.1 Å². The van der Waals surface area contributed by atoms with Crippen LogP contribution in [0.2, 0.25) is 0 Å². The zero-order valence-electron chi connectivity index (χ0n) is 6.26. The molecule has 0 saturated heterocycles. The van der Waals surface area contributed by atoms with E-state index in [0.717, 1.165) is 0 Å². The molecule has 0 spiro atoms. The van der Waals surface area contributed by atoms with Gasteiger partial charge in [0, 0.05) is 6.04 Å². The molecule has 1 aliphatic rings. The first-order valence-electron chi connectivity index (χ1n) is 3.49. The molecule has 1 N–H and O–H groups in total. The first kappa shape index (κ1) is 6.59. The van der Waals surface area contributed by atoms with Crippen LogP contribution in [-0.2, 0) is 0 Å². The van der Waals surface area contributed by atoms with Crippen LogP contribution < -0.4 is 5.32 Å². The lowest BCUT2D eigenvalue weighted by Crippen LogP contribution is -2.40. The molecule has 0 radical (unpaired) electrons. The maximum Gasteiger partial charge on any atom is 0.0829 e. The van der Waals surface area contributed by atoms with E-state index in [1.807, 2.05) is 6.34 Å². The summed E-state index contributed by atoms with van der Waals surface area (Å²) in [5.74, 6) is 0.662. The fourth-order valence-electron chi connectivity index (χ4n) is 0.983. The van der Waals surface area contributed by atoms with Crippen LogP contribution in [0.15, 0.2) is 4.99 Å². The molecular weight excluding hydrogens is 112 g/mol. The molecule has 2 heteroatoms. The summed E-state index contributed by atoms with van der Waals surface area (Å²) in [7, 11) is 0. The molecule has 1 rings (SSSR count). The van der Waals surface area contributed by atoms with Crippen molar-refractivity contribution in [1.82, 2.24) is 5.32 Å². The average molecular weight is 126 g/mol. The summed E-state index contributed by atoms with van der Waals surface area (Å²) in [5.41, 5.74) is 0. The van der Waals surface area contributed by atoms with Gasteiger partial charge < -0.3 is 5.32 Å². The first-order valence-corrected chi connectivity index (χ1v) is 3.49. The number of nitrogens with one attached hydrogen (secondary N) is 1. The highest BCUT2D eigenvalue weighted by Crippen LogP contribution is 2.13. The molecule has 0 aromatic carbocycles. The van der Waals surface area contributed by atoms with Crippen molar-refractivity contribution < 1.29 is 0 Å². The predicted molar refractivity (Wildman–Crippen MR) is 39.7 cm³/mol. The maximum absolute atomic E-state index is 4.23. The Morgan fingerprint density at radius 1 is 1.33 bits per heavy atom. The first-order chi connectivity index (χ1) is 4.22. The quantitative estimate of drug-likeness (QED) is 0.515. The molecule has 3 atom stereocenters. The van der Waals surface area contributed by atoms with Gasteiger partial charge in [-0.05, 0) is 19.8 Å². The van der Waals surface area contributed by atoms with E-state index in [1.165, 1.54) is 0 Å². The van der Waals surface area contributed by atoms with Gasteiger partial charge in [0.1, 0.15) is 0 Å². The maximum atomic E-state index is 4.23. The number of hydrogen-bond donors (Lipinski definition) is 1. The van der Waals surface area contributed by atoms with Crippen molar-refractivity contribution in [3.05, 3.63) is 0 Å². The third-order valence-corrected chi connectivity index (χ3v) is 2.20. The third kappa shape index (κ3) is 1.23. The normalized spacial score (nSPS) is 42.3. The third-order valence-electron chi connectivity index (χ3n) is 2.20. The van der Waals surface area contributed by atoms with Gasteiger partial charge >= 0.3 is 0 Å². The van der Waals surface area contributed by atoms with E-state index >= 15 is 0 Å². The molecule has 2 nitrogen and oxygen atoms in total. The minimum absolute atomic E-state index is 0.487. The van der Waals surface area contributed by atoms with Crippen LogP contribution >= 0.6 is 0 Å². The Kier molecular flexibility index (Phi) is 1.74. The number of nitrogens with zero attached hydrogens (tertiary/aromatic N) is 1. The van der Waals surface area contributed by atoms with Crippen LogP contribution in [0.1, 0.15) is 20.8 Å². The minimum Gasteiger partial charge on any atom is -0.374 e. The molecule has 3 unspecified atom stereocenters. The molecule has 9 heavy (non-hydrogen) atoms. The minimum atomic E-state index is 0.487. The summed E-state index contributed by atoms with van der Waals surface area (Å²) >= 11 is 0. The highest BCUT2D eigenvalue weighted by Gasteiger charge is 2.19. The van der Waals surface area contributed by atoms with E-state index in [0.29, 0.717) is 18.0 Å². The van der Waals surface area contributed by atoms with Gasteiger partial charge in [-0.15, -0.1) is 0 Å². The van der Waals surface area contributed by atoms with Crippen molar-refractivity contribution in [2.24, 2.45) is 10.9 Å². The van der Waals surface area contributed by atoms with Crippen LogP contribution in [-0.4, -0.2) is 18.4 Å². The van der Waals surface area contributed by atoms with Crippen molar-refractivity contribution >= 4 is 6.34 Å². The molecule has 0 amide bonds. The van der Waals surface area contributed by atoms with E-state index in [1.54, 1.807) is 0 Å². The summed E-state index contributed by atoms with van der Waals surface area (Å²) in [4.78, 5) is 4.23. The van der Waals surface area contributed by atoms with Crippen LogP contribution in [0.4, 0.5) is 0 Å². The zero-order valence-corrected chi connectivity index (χ0v) is 6.26. The van der Waals surface area contributed by atoms with Crippen LogP contribution in [0.5, 0.6) is 0 Å². The molecule has 0 aromatic rings. The Hall–Kier alpha value is -0.530. The SMILES string of the molecule is CC1N=CNC(C)C1C. The summed E-state index contributed by atoms with van der Waals surface area (Å²) in [5, 5.41) is 3.17. The van der Waals surface area contributed by atoms with Crippen LogP contribution in [0.3, 0.4) is 0 Å². The van der Waals surface area contributed by atoms with E-state index in [9.17, 15) is 0 Å².